The van der Waals surface area contributed by atoms with Gasteiger partial charge in [-0.15, -0.1) is 5.10 Å². The van der Waals surface area contributed by atoms with Gasteiger partial charge in [0.15, 0.2) is 5.65 Å². The fraction of sp³-hybridized carbons (Fsp3) is 0.292. The standard InChI is InChI=1S/C24H26ClN7O2/c1-33-19-8-6-18(7-9-19)32-22(26)20-21(16-2-4-17(25)5-3-16)28-24(29-23(20)30-32)27-10-11-31-12-14-34-15-13-31/h2-9H,10-15,26H2,1H3,(H,27,29,30). The van der Waals surface area contributed by atoms with Crippen molar-refractivity contribution >= 4 is 34.4 Å². The summed E-state index contributed by atoms with van der Waals surface area (Å²) in [5.74, 6) is 1.72. The second-order valence-corrected chi connectivity index (χ2v) is 8.41. The van der Waals surface area contributed by atoms with Gasteiger partial charge in [0.1, 0.15) is 11.6 Å². The number of nitrogens with one attached hydrogen (secondary N) is 1. The second kappa shape index (κ2) is 9.84. The smallest absolute Gasteiger partial charge is 0.225 e. The van der Waals surface area contributed by atoms with Crippen molar-refractivity contribution in [1.29, 1.82) is 0 Å². The third-order valence-electron chi connectivity index (χ3n) is 5.82. The number of nitrogen functional groups attached to an aromatic ring is 1. The lowest BCUT2D eigenvalue weighted by atomic mass is 10.1. The first-order valence-electron chi connectivity index (χ1n) is 11.1. The number of fused-ring (bicyclic) bond motifs is 1. The Morgan fingerprint density at radius 1 is 1.06 bits per heavy atom. The number of hydrogen-bond donors (Lipinski definition) is 2. The molecule has 3 N–H and O–H groups in total. The zero-order chi connectivity index (χ0) is 23.5. The van der Waals surface area contributed by atoms with Crippen molar-refractivity contribution in [1.82, 2.24) is 24.6 Å². The highest BCUT2D eigenvalue weighted by Crippen LogP contribution is 2.33. The van der Waals surface area contributed by atoms with Crippen LogP contribution in [0.3, 0.4) is 0 Å². The monoisotopic (exact) mass is 479 g/mol. The average molecular weight is 480 g/mol. The molecule has 0 aliphatic carbocycles. The van der Waals surface area contributed by atoms with E-state index in [1.54, 1.807) is 11.8 Å². The molecule has 1 aliphatic rings. The summed E-state index contributed by atoms with van der Waals surface area (Å²) < 4.78 is 12.4. The maximum absolute atomic E-state index is 6.58. The van der Waals surface area contributed by atoms with Gasteiger partial charge in [-0.05, 0) is 36.4 Å². The van der Waals surface area contributed by atoms with E-state index in [1.807, 2.05) is 48.5 Å². The van der Waals surface area contributed by atoms with Crippen LogP contribution in [0.5, 0.6) is 5.75 Å². The van der Waals surface area contributed by atoms with E-state index >= 15 is 0 Å². The van der Waals surface area contributed by atoms with Crippen molar-refractivity contribution in [3.8, 4) is 22.7 Å². The van der Waals surface area contributed by atoms with Crippen LogP contribution in [0.4, 0.5) is 11.8 Å². The number of nitrogens with two attached hydrogens (primary N) is 1. The van der Waals surface area contributed by atoms with Crippen LogP contribution in [0, 0.1) is 0 Å². The quantitative estimate of drug-likeness (QED) is 0.415. The highest BCUT2D eigenvalue weighted by molar-refractivity contribution is 6.30. The molecule has 5 rings (SSSR count). The highest BCUT2D eigenvalue weighted by atomic mass is 35.5. The molecule has 0 unspecified atom stereocenters. The number of methoxy groups -OCH3 is 1. The largest absolute Gasteiger partial charge is 0.497 e. The van der Waals surface area contributed by atoms with Crippen LogP contribution in [-0.2, 0) is 4.74 Å². The lowest BCUT2D eigenvalue weighted by Gasteiger charge is -2.26. The second-order valence-electron chi connectivity index (χ2n) is 7.98. The Kier molecular flexibility index (Phi) is 6.48. The van der Waals surface area contributed by atoms with E-state index in [0.717, 1.165) is 49.8 Å². The Morgan fingerprint density at radius 2 is 1.79 bits per heavy atom. The molecule has 4 aromatic rings. The van der Waals surface area contributed by atoms with Crippen molar-refractivity contribution < 1.29 is 9.47 Å². The van der Waals surface area contributed by atoms with Gasteiger partial charge in [0.2, 0.25) is 5.95 Å². The Labute approximate surface area is 202 Å². The molecule has 1 saturated heterocycles. The first-order chi connectivity index (χ1) is 16.6. The van der Waals surface area contributed by atoms with Crippen molar-refractivity contribution in [3.05, 3.63) is 53.6 Å². The molecule has 0 radical (unpaired) electrons. The zero-order valence-corrected chi connectivity index (χ0v) is 19.6. The minimum atomic E-state index is 0.463. The molecule has 0 saturated carbocycles. The lowest BCUT2D eigenvalue weighted by molar-refractivity contribution is 0.0398. The Balaban J connectivity index is 1.52. The fourth-order valence-electron chi connectivity index (χ4n) is 3.98. The van der Waals surface area contributed by atoms with Crippen LogP contribution in [0.25, 0.3) is 28.0 Å². The molecule has 0 bridgehead atoms. The maximum atomic E-state index is 6.58. The van der Waals surface area contributed by atoms with Gasteiger partial charge in [0.05, 0.1) is 37.1 Å². The first-order valence-corrected chi connectivity index (χ1v) is 11.5. The molecule has 176 valence electrons. The minimum Gasteiger partial charge on any atom is -0.497 e. The van der Waals surface area contributed by atoms with E-state index in [9.17, 15) is 0 Å². The van der Waals surface area contributed by atoms with Gasteiger partial charge >= 0.3 is 0 Å². The van der Waals surface area contributed by atoms with Crippen molar-refractivity contribution in [2.24, 2.45) is 0 Å². The molecule has 9 nitrogen and oxygen atoms in total. The summed E-state index contributed by atoms with van der Waals surface area (Å²) in [4.78, 5) is 11.8. The molecular formula is C24H26ClN7O2. The third-order valence-corrected chi connectivity index (χ3v) is 6.07. The summed E-state index contributed by atoms with van der Waals surface area (Å²) >= 11 is 6.12. The first kappa shape index (κ1) is 22.4. The number of benzene rings is 2. The minimum absolute atomic E-state index is 0.463. The van der Waals surface area contributed by atoms with E-state index in [1.165, 1.54) is 0 Å². The molecule has 10 heteroatoms. The molecule has 0 atom stereocenters. The number of anilines is 2. The van der Waals surface area contributed by atoms with Crippen LogP contribution in [0.1, 0.15) is 0 Å². The number of aromatic nitrogens is 4. The van der Waals surface area contributed by atoms with Crippen LogP contribution in [-0.4, -0.2) is 71.2 Å². The Morgan fingerprint density at radius 3 is 2.50 bits per heavy atom. The van der Waals surface area contributed by atoms with E-state index in [2.05, 4.69) is 15.2 Å². The van der Waals surface area contributed by atoms with Crippen LogP contribution in [0.15, 0.2) is 48.5 Å². The van der Waals surface area contributed by atoms with Gasteiger partial charge in [-0.1, -0.05) is 23.7 Å². The summed E-state index contributed by atoms with van der Waals surface area (Å²) in [6.45, 7) is 4.99. The summed E-state index contributed by atoms with van der Waals surface area (Å²) in [6, 6.07) is 15.0. The molecule has 0 spiro atoms. The SMILES string of the molecule is COc1ccc(-n2nc3nc(NCCN4CCOCC4)nc(-c4ccc(Cl)cc4)c3c2N)cc1. The van der Waals surface area contributed by atoms with E-state index in [-0.39, 0.29) is 0 Å². The Bertz CT molecular complexity index is 1270. The Hall–Kier alpha value is -3.40. The summed E-state index contributed by atoms with van der Waals surface area (Å²) in [5, 5.41) is 9.40. The number of nitrogens with zero attached hydrogens (tertiary/aromatic N) is 5. The topological polar surface area (TPSA) is 103 Å². The van der Waals surface area contributed by atoms with Gasteiger partial charge in [-0.25, -0.2) is 9.67 Å². The molecule has 3 heterocycles. The van der Waals surface area contributed by atoms with Crippen LogP contribution in [0.2, 0.25) is 5.02 Å². The molecule has 2 aromatic carbocycles. The lowest BCUT2D eigenvalue weighted by Crippen LogP contribution is -2.39. The van der Waals surface area contributed by atoms with E-state index in [0.29, 0.717) is 40.1 Å². The molecule has 0 amide bonds. The van der Waals surface area contributed by atoms with Gasteiger partial charge in [0, 0.05) is 36.8 Å². The molecular weight excluding hydrogens is 454 g/mol. The highest BCUT2D eigenvalue weighted by Gasteiger charge is 2.19. The number of hydrogen-bond acceptors (Lipinski definition) is 8. The van der Waals surface area contributed by atoms with Crippen LogP contribution < -0.4 is 15.8 Å². The van der Waals surface area contributed by atoms with Crippen molar-refractivity contribution in [3.63, 3.8) is 0 Å². The number of halogens is 1. The zero-order valence-electron chi connectivity index (χ0n) is 18.9. The normalized spacial score (nSPS) is 14.4. The molecule has 34 heavy (non-hydrogen) atoms. The van der Waals surface area contributed by atoms with Crippen molar-refractivity contribution in [2.45, 2.75) is 0 Å². The number of morpholine rings is 1. The van der Waals surface area contributed by atoms with E-state index < -0.39 is 0 Å². The predicted molar refractivity (Wildman–Crippen MR) is 134 cm³/mol. The van der Waals surface area contributed by atoms with Crippen LogP contribution >= 0.6 is 11.6 Å². The summed E-state index contributed by atoms with van der Waals surface area (Å²) in [7, 11) is 1.63. The third kappa shape index (κ3) is 4.63. The van der Waals surface area contributed by atoms with Gasteiger partial charge < -0.3 is 20.5 Å². The number of rotatable bonds is 7. The summed E-state index contributed by atoms with van der Waals surface area (Å²) in [5.41, 5.74) is 9.49. The molecule has 2 aromatic heterocycles. The number of ether oxygens (including phenoxy) is 2. The fourth-order valence-corrected chi connectivity index (χ4v) is 4.10. The maximum Gasteiger partial charge on any atom is 0.225 e. The van der Waals surface area contributed by atoms with Gasteiger partial charge in [0.25, 0.3) is 0 Å². The summed E-state index contributed by atoms with van der Waals surface area (Å²) in [6.07, 6.45) is 0. The van der Waals surface area contributed by atoms with Gasteiger partial charge in [-0.2, -0.15) is 4.98 Å². The van der Waals surface area contributed by atoms with Crippen molar-refractivity contribution in [2.75, 3.05) is 57.6 Å². The molecule has 1 aliphatic heterocycles. The predicted octanol–water partition coefficient (Wildman–Crippen LogP) is 3.47. The van der Waals surface area contributed by atoms with Gasteiger partial charge in [-0.3, -0.25) is 4.90 Å². The molecule has 1 fully saturated rings. The van der Waals surface area contributed by atoms with E-state index in [4.69, 9.17) is 36.9 Å². The average Bonchev–Trinajstić information content (AvgIpc) is 3.21.